The van der Waals surface area contributed by atoms with Gasteiger partial charge in [-0.25, -0.2) is 0 Å². The zero-order chi connectivity index (χ0) is 18.5. The van der Waals surface area contributed by atoms with Crippen molar-refractivity contribution in [2.75, 3.05) is 25.7 Å². The van der Waals surface area contributed by atoms with E-state index in [1.54, 1.807) is 19.1 Å². The Hall–Kier alpha value is -3.02. The lowest BCUT2D eigenvalue weighted by atomic mass is 10.1. The Morgan fingerprint density at radius 1 is 1.12 bits per heavy atom. The number of nitrogens with zero attached hydrogens (tertiary/aromatic N) is 1. The van der Waals surface area contributed by atoms with E-state index in [-0.39, 0.29) is 24.3 Å². The molecule has 136 valence electrons. The van der Waals surface area contributed by atoms with E-state index in [0.29, 0.717) is 18.7 Å². The molecular weight excluding hydrogens is 332 g/mol. The molecule has 2 aromatic rings. The summed E-state index contributed by atoms with van der Waals surface area (Å²) in [5, 5.41) is 2.95. The second kappa shape index (κ2) is 7.91. The van der Waals surface area contributed by atoms with Gasteiger partial charge in [0.15, 0.2) is 0 Å². The van der Waals surface area contributed by atoms with Crippen LogP contribution in [0.25, 0.3) is 0 Å². The first-order chi connectivity index (χ1) is 12.6. The molecule has 0 bridgehead atoms. The zero-order valence-corrected chi connectivity index (χ0v) is 14.9. The molecule has 1 aliphatic rings. The second-order valence-corrected chi connectivity index (χ2v) is 6.20. The average Bonchev–Trinajstić information content (AvgIpc) is 3.02. The summed E-state index contributed by atoms with van der Waals surface area (Å²) >= 11 is 0. The Morgan fingerprint density at radius 2 is 1.85 bits per heavy atom. The minimum Gasteiger partial charge on any atom is -0.497 e. The van der Waals surface area contributed by atoms with Crippen LogP contribution in [0.15, 0.2) is 48.5 Å². The number of carbonyl (C=O) groups excluding carboxylic acids is 2. The van der Waals surface area contributed by atoms with Crippen LogP contribution in [0.1, 0.15) is 12.0 Å². The van der Waals surface area contributed by atoms with Gasteiger partial charge in [-0.2, -0.15) is 0 Å². The highest BCUT2D eigenvalue weighted by molar-refractivity contribution is 5.97. The molecular formula is C20H22N2O4. The summed E-state index contributed by atoms with van der Waals surface area (Å²) in [5.74, 6) is 1.35. The molecule has 0 aliphatic carbocycles. The summed E-state index contributed by atoms with van der Waals surface area (Å²) in [7, 11) is 3.19. The van der Waals surface area contributed by atoms with Crippen molar-refractivity contribution in [3.8, 4) is 11.5 Å². The fraction of sp³-hybridized carbons (Fsp3) is 0.300. The maximum atomic E-state index is 12.3. The van der Waals surface area contributed by atoms with Crippen LogP contribution < -0.4 is 19.7 Å². The highest BCUT2D eigenvalue weighted by atomic mass is 16.5. The fourth-order valence-corrected chi connectivity index (χ4v) is 3.04. The number of benzene rings is 2. The van der Waals surface area contributed by atoms with E-state index in [0.717, 1.165) is 17.0 Å². The molecule has 1 fully saturated rings. The molecule has 26 heavy (non-hydrogen) atoms. The molecule has 6 heteroatoms. The number of anilines is 1. The van der Waals surface area contributed by atoms with E-state index in [1.807, 2.05) is 48.5 Å². The van der Waals surface area contributed by atoms with Gasteiger partial charge in [0.05, 0.1) is 26.7 Å². The standard InChI is InChI=1S/C20H22N2O4/c1-25-17-8-6-14(7-9-17)10-19(23)21-15-11-20(24)22(13-15)16-4-3-5-18(12-16)26-2/h3-9,12,15H,10-11,13H2,1-2H3,(H,21,23). The van der Waals surface area contributed by atoms with Crippen LogP contribution in [-0.4, -0.2) is 38.6 Å². The van der Waals surface area contributed by atoms with Gasteiger partial charge in [-0.1, -0.05) is 18.2 Å². The highest BCUT2D eigenvalue weighted by Gasteiger charge is 2.31. The van der Waals surface area contributed by atoms with Crippen LogP contribution in [0.4, 0.5) is 5.69 Å². The van der Waals surface area contributed by atoms with Crippen molar-refractivity contribution in [1.82, 2.24) is 5.32 Å². The van der Waals surface area contributed by atoms with E-state index in [4.69, 9.17) is 9.47 Å². The quantitative estimate of drug-likeness (QED) is 0.863. The van der Waals surface area contributed by atoms with E-state index < -0.39 is 0 Å². The maximum Gasteiger partial charge on any atom is 0.229 e. The van der Waals surface area contributed by atoms with Gasteiger partial charge in [0.2, 0.25) is 11.8 Å². The van der Waals surface area contributed by atoms with E-state index >= 15 is 0 Å². The number of hydrogen-bond acceptors (Lipinski definition) is 4. The van der Waals surface area contributed by atoms with Gasteiger partial charge < -0.3 is 19.7 Å². The third-order valence-corrected chi connectivity index (χ3v) is 4.38. The van der Waals surface area contributed by atoms with Gasteiger partial charge in [-0.15, -0.1) is 0 Å². The molecule has 1 heterocycles. The van der Waals surface area contributed by atoms with Crippen molar-refractivity contribution < 1.29 is 19.1 Å². The average molecular weight is 354 g/mol. The first kappa shape index (κ1) is 17.8. The van der Waals surface area contributed by atoms with Crippen molar-refractivity contribution in [2.45, 2.75) is 18.9 Å². The molecule has 0 radical (unpaired) electrons. The predicted octanol–water partition coefficient (Wildman–Crippen LogP) is 2.17. The van der Waals surface area contributed by atoms with Crippen molar-refractivity contribution >= 4 is 17.5 Å². The zero-order valence-electron chi connectivity index (χ0n) is 14.9. The van der Waals surface area contributed by atoms with Crippen LogP contribution in [0, 0.1) is 0 Å². The minimum absolute atomic E-state index is 0.00648. The summed E-state index contributed by atoms with van der Waals surface area (Å²) in [6, 6.07) is 14.5. The molecule has 1 aliphatic heterocycles. The molecule has 1 saturated heterocycles. The van der Waals surface area contributed by atoms with Gasteiger partial charge in [-0.05, 0) is 29.8 Å². The fourth-order valence-electron chi connectivity index (χ4n) is 3.04. The molecule has 0 spiro atoms. The summed E-state index contributed by atoms with van der Waals surface area (Å²) in [5.41, 5.74) is 1.68. The molecule has 1 unspecified atom stereocenters. The molecule has 3 rings (SSSR count). The number of methoxy groups -OCH3 is 2. The maximum absolute atomic E-state index is 12.3. The number of carbonyl (C=O) groups is 2. The predicted molar refractivity (Wildman–Crippen MR) is 98.6 cm³/mol. The molecule has 6 nitrogen and oxygen atoms in total. The SMILES string of the molecule is COc1ccc(CC(=O)NC2CC(=O)N(c3cccc(OC)c3)C2)cc1. The Labute approximate surface area is 152 Å². The Morgan fingerprint density at radius 3 is 2.54 bits per heavy atom. The third kappa shape index (κ3) is 4.14. The lowest BCUT2D eigenvalue weighted by Crippen LogP contribution is -2.38. The molecule has 1 N–H and O–H groups in total. The summed E-state index contributed by atoms with van der Waals surface area (Å²) < 4.78 is 10.3. The number of ether oxygens (including phenoxy) is 2. The molecule has 2 aromatic carbocycles. The van der Waals surface area contributed by atoms with Crippen LogP contribution in [0.3, 0.4) is 0 Å². The van der Waals surface area contributed by atoms with E-state index in [1.165, 1.54) is 0 Å². The van der Waals surface area contributed by atoms with Gasteiger partial charge in [-0.3, -0.25) is 9.59 Å². The lowest BCUT2D eigenvalue weighted by Gasteiger charge is -2.18. The normalized spacial score (nSPS) is 16.5. The third-order valence-electron chi connectivity index (χ3n) is 4.38. The van der Waals surface area contributed by atoms with Crippen LogP contribution in [0.2, 0.25) is 0 Å². The first-order valence-corrected chi connectivity index (χ1v) is 8.46. The summed E-state index contributed by atoms with van der Waals surface area (Å²) in [6.45, 7) is 0.459. The van der Waals surface area contributed by atoms with Crippen LogP contribution in [-0.2, 0) is 16.0 Å². The second-order valence-electron chi connectivity index (χ2n) is 6.20. The first-order valence-electron chi connectivity index (χ1n) is 8.46. The highest BCUT2D eigenvalue weighted by Crippen LogP contribution is 2.25. The Balaban J connectivity index is 1.58. The summed E-state index contributed by atoms with van der Waals surface area (Å²) in [4.78, 5) is 26.3. The largest absolute Gasteiger partial charge is 0.497 e. The molecule has 0 saturated carbocycles. The minimum atomic E-state index is -0.195. The van der Waals surface area contributed by atoms with Crippen molar-refractivity contribution in [2.24, 2.45) is 0 Å². The number of nitrogens with one attached hydrogen (secondary N) is 1. The van der Waals surface area contributed by atoms with E-state index in [2.05, 4.69) is 5.32 Å². The van der Waals surface area contributed by atoms with Crippen molar-refractivity contribution in [3.05, 3.63) is 54.1 Å². The molecule has 1 atom stereocenters. The van der Waals surface area contributed by atoms with Crippen LogP contribution in [0.5, 0.6) is 11.5 Å². The van der Waals surface area contributed by atoms with Gasteiger partial charge in [0.1, 0.15) is 11.5 Å². The number of hydrogen-bond donors (Lipinski definition) is 1. The number of rotatable bonds is 6. The molecule has 2 amide bonds. The Bertz CT molecular complexity index is 789. The lowest BCUT2D eigenvalue weighted by molar-refractivity contribution is -0.121. The van der Waals surface area contributed by atoms with Gasteiger partial charge in [0, 0.05) is 24.7 Å². The topological polar surface area (TPSA) is 67.9 Å². The van der Waals surface area contributed by atoms with E-state index in [9.17, 15) is 9.59 Å². The number of amides is 2. The van der Waals surface area contributed by atoms with Crippen molar-refractivity contribution in [1.29, 1.82) is 0 Å². The van der Waals surface area contributed by atoms with Gasteiger partial charge >= 0.3 is 0 Å². The Kier molecular flexibility index (Phi) is 5.41. The van der Waals surface area contributed by atoms with Crippen molar-refractivity contribution in [3.63, 3.8) is 0 Å². The van der Waals surface area contributed by atoms with Gasteiger partial charge in [0.25, 0.3) is 0 Å². The monoisotopic (exact) mass is 354 g/mol. The summed E-state index contributed by atoms with van der Waals surface area (Å²) in [6.07, 6.45) is 0.569. The molecule has 0 aromatic heterocycles. The smallest absolute Gasteiger partial charge is 0.229 e. The van der Waals surface area contributed by atoms with Crippen LogP contribution >= 0.6 is 0 Å².